The van der Waals surface area contributed by atoms with Gasteiger partial charge in [-0.15, -0.1) is 0 Å². The van der Waals surface area contributed by atoms with Gasteiger partial charge in [0.1, 0.15) is 6.73 Å². The van der Waals surface area contributed by atoms with E-state index in [0.717, 1.165) is 19.9 Å². The van der Waals surface area contributed by atoms with Crippen LogP contribution < -0.4 is 5.43 Å². The molecule has 1 N–H and O–H groups in total. The van der Waals surface area contributed by atoms with Crippen LogP contribution in [0.2, 0.25) is 0 Å². The van der Waals surface area contributed by atoms with Crippen LogP contribution in [0.25, 0.3) is 0 Å². The summed E-state index contributed by atoms with van der Waals surface area (Å²) in [5.41, 5.74) is 3.30. The average molecular weight is 114 g/mol. The van der Waals surface area contributed by atoms with Crippen LogP contribution in [0.3, 0.4) is 0 Å². The molecule has 0 radical (unpaired) electrons. The van der Waals surface area contributed by atoms with Crippen LogP contribution in [0.4, 0.5) is 0 Å². The van der Waals surface area contributed by atoms with Gasteiger partial charge < -0.3 is 4.74 Å². The minimum absolute atomic E-state index is 0.615. The molecule has 2 atom stereocenters. The minimum Gasteiger partial charge on any atom is -0.363 e. The topological polar surface area (TPSA) is 24.5 Å². The van der Waals surface area contributed by atoms with Crippen LogP contribution >= 0.6 is 0 Å². The van der Waals surface area contributed by atoms with E-state index >= 15 is 0 Å². The highest BCUT2D eigenvalue weighted by atomic mass is 16.5. The van der Waals surface area contributed by atoms with E-state index in [4.69, 9.17) is 4.74 Å². The van der Waals surface area contributed by atoms with E-state index in [0.29, 0.717) is 6.04 Å². The van der Waals surface area contributed by atoms with Gasteiger partial charge in [-0.25, -0.2) is 10.4 Å². The Hall–Kier alpha value is -0.120. The number of nitrogens with zero attached hydrogens (tertiary/aromatic N) is 1. The number of hydrogen-bond donors (Lipinski definition) is 1. The lowest BCUT2D eigenvalue weighted by Gasteiger charge is -2.23. The van der Waals surface area contributed by atoms with E-state index in [9.17, 15) is 0 Å². The third-order valence-electron chi connectivity index (χ3n) is 1.68. The van der Waals surface area contributed by atoms with E-state index in [1.54, 1.807) is 0 Å². The zero-order valence-electron chi connectivity index (χ0n) is 4.76. The summed E-state index contributed by atoms with van der Waals surface area (Å²) in [5.74, 6) is 0. The highest BCUT2D eigenvalue weighted by molar-refractivity contribution is 4.75. The molecule has 0 aliphatic carbocycles. The van der Waals surface area contributed by atoms with Crippen LogP contribution in [0.15, 0.2) is 0 Å². The number of fused-ring (bicyclic) bond motifs is 2. The maximum atomic E-state index is 5.22. The van der Waals surface area contributed by atoms with Gasteiger partial charge in [-0.3, -0.25) is 0 Å². The van der Waals surface area contributed by atoms with Gasteiger partial charge in [-0.1, -0.05) is 0 Å². The Morgan fingerprint density at radius 2 is 2.62 bits per heavy atom. The van der Waals surface area contributed by atoms with Crippen molar-refractivity contribution in [2.45, 2.75) is 12.5 Å². The number of hydrogen-bond acceptors (Lipinski definition) is 3. The van der Waals surface area contributed by atoms with Gasteiger partial charge >= 0.3 is 0 Å². The molecule has 3 nitrogen and oxygen atoms in total. The molecule has 3 heteroatoms. The molecular formula is C5H10N2O. The molecule has 0 saturated carbocycles. The normalized spacial score (nSPS) is 45.0. The van der Waals surface area contributed by atoms with Crippen LogP contribution in [0.5, 0.6) is 0 Å². The van der Waals surface area contributed by atoms with Gasteiger partial charge in [0.2, 0.25) is 0 Å². The Balaban J connectivity index is 2.03. The van der Waals surface area contributed by atoms with Crippen molar-refractivity contribution in [2.24, 2.45) is 0 Å². The van der Waals surface area contributed by atoms with E-state index < -0.39 is 0 Å². The monoisotopic (exact) mass is 114 g/mol. The Labute approximate surface area is 48.6 Å². The van der Waals surface area contributed by atoms with Crippen LogP contribution in [-0.4, -0.2) is 30.9 Å². The molecule has 8 heavy (non-hydrogen) atoms. The first kappa shape index (κ1) is 4.73. The van der Waals surface area contributed by atoms with Gasteiger partial charge in [0.15, 0.2) is 0 Å². The second-order valence-electron chi connectivity index (χ2n) is 2.38. The molecule has 0 aromatic heterocycles. The Morgan fingerprint density at radius 3 is 3.38 bits per heavy atom. The van der Waals surface area contributed by atoms with Crippen molar-refractivity contribution in [1.82, 2.24) is 10.4 Å². The van der Waals surface area contributed by atoms with Gasteiger partial charge in [0.05, 0.1) is 6.61 Å². The van der Waals surface area contributed by atoms with Crippen molar-refractivity contribution < 1.29 is 4.74 Å². The highest BCUT2D eigenvalue weighted by Gasteiger charge is 2.25. The molecule has 2 rings (SSSR count). The molecule has 2 fully saturated rings. The molecule has 0 spiro atoms. The molecule has 0 amide bonds. The number of rotatable bonds is 0. The fourth-order valence-corrected chi connectivity index (χ4v) is 1.23. The highest BCUT2D eigenvalue weighted by Crippen LogP contribution is 2.10. The van der Waals surface area contributed by atoms with E-state index in [1.165, 1.54) is 6.42 Å². The first-order valence-electron chi connectivity index (χ1n) is 3.04. The lowest BCUT2D eigenvalue weighted by atomic mass is 10.3. The Kier molecular flexibility index (Phi) is 0.997. The molecule has 2 unspecified atom stereocenters. The number of nitrogens with one attached hydrogen (secondary N) is 1. The summed E-state index contributed by atoms with van der Waals surface area (Å²) >= 11 is 0. The maximum absolute atomic E-state index is 5.22. The van der Waals surface area contributed by atoms with E-state index in [1.807, 2.05) is 0 Å². The molecule has 0 aromatic rings. The summed E-state index contributed by atoms with van der Waals surface area (Å²) in [5, 5.41) is 2.12. The van der Waals surface area contributed by atoms with E-state index in [2.05, 4.69) is 10.4 Å². The first-order valence-corrected chi connectivity index (χ1v) is 3.04. The molecule has 2 saturated heterocycles. The fraction of sp³-hybridized carbons (Fsp3) is 1.00. The zero-order chi connectivity index (χ0) is 5.40. The maximum Gasteiger partial charge on any atom is 0.112 e. The van der Waals surface area contributed by atoms with Crippen molar-refractivity contribution in [3.63, 3.8) is 0 Å². The van der Waals surface area contributed by atoms with Crippen molar-refractivity contribution in [3.05, 3.63) is 0 Å². The Morgan fingerprint density at radius 1 is 1.62 bits per heavy atom. The smallest absolute Gasteiger partial charge is 0.112 e. The van der Waals surface area contributed by atoms with E-state index in [-0.39, 0.29) is 0 Å². The van der Waals surface area contributed by atoms with Gasteiger partial charge in [0, 0.05) is 12.6 Å². The van der Waals surface area contributed by atoms with Crippen LogP contribution in [-0.2, 0) is 4.74 Å². The SMILES string of the molecule is C1CN2COCC1N2. The predicted octanol–water partition coefficient (Wildman–Crippen LogP) is -0.447. The van der Waals surface area contributed by atoms with Crippen molar-refractivity contribution in [2.75, 3.05) is 19.9 Å². The standard InChI is InChI=1S/C5H10N2O/c1-2-7-4-8-3-5(1)6-7/h5-6H,1-4H2. The summed E-state index contributed by atoms with van der Waals surface area (Å²) in [4.78, 5) is 0. The molecule has 46 valence electrons. The number of ether oxygens (including phenoxy) is 1. The molecule has 2 heterocycles. The second kappa shape index (κ2) is 1.69. The van der Waals surface area contributed by atoms with Crippen molar-refractivity contribution >= 4 is 0 Å². The fourth-order valence-electron chi connectivity index (χ4n) is 1.23. The van der Waals surface area contributed by atoms with Crippen LogP contribution in [0.1, 0.15) is 6.42 Å². The van der Waals surface area contributed by atoms with Gasteiger partial charge in [-0.05, 0) is 6.42 Å². The molecule has 2 aliphatic heterocycles. The second-order valence-corrected chi connectivity index (χ2v) is 2.38. The van der Waals surface area contributed by atoms with Gasteiger partial charge in [-0.2, -0.15) is 0 Å². The van der Waals surface area contributed by atoms with Gasteiger partial charge in [0.25, 0.3) is 0 Å². The largest absolute Gasteiger partial charge is 0.363 e. The third-order valence-corrected chi connectivity index (χ3v) is 1.68. The molecule has 2 aliphatic rings. The molecule has 2 bridgehead atoms. The average Bonchev–Trinajstić information content (AvgIpc) is 2.12. The quantitative estimate of drug-likeness (QED) is 0.461. The summed E-state index contributed by atoms with van der Waals surface area (Å²) in [6.45, 7) is 2.83. The minimum atomic E-state index is 0.615. The lowest BCUT2D eigenvalue weighted by Crippen LogP contribution is -2.44. The lowest BCUT2D eigenvalue weighted by molar-refractivity contribution is -0.0318. The molecule has 0 aromatic carbocycles. The van der Waals surface area contributed by atoms with Crippen molar-refractivity contribution in [3.8, 4) is 0 Å². The summed E-state index contributed by atoms with van der Waals surface area (Å²) in [6.07, 6.45) is 1.25. The summed E-state index contributed by atoms with van der Waals surface area (Å²) in [7, 11) is 0. The van der Waals surface area contributed by atoms with Crippen LogP contribution in [0, 0.1) is 0 Å². The summed E-state index contributed by atoms with van der Waals surface area (Å²) in [6, 6.07) is 0.615. The van der Waals surface area contributed by atoms with Crippen molar-refractivity contribution in [1.29, 1.82) is 0 Å². The predicted molar refractivity (Wildman–Crippen MR) is 29.1 cm³/mol. The zero-order valence-corrected chi connectivity index (χ0v) is 4.76. The Bertz CT molecular complexity index is 82.4. The summed E-state index contributed by atoms with van der Waals surface area (Å²) < 4.78 is 5.22. The number of hydrazine groups is 1. The molecular weight excluding hydrogens is 104 g/mol. The first-order chi connectivity index (χ1) is 3.95. The third kappa shape index (κ3) is 0.632.